The van der Waals surface area contributed by atoms with Gasteiger partial charge in [0, 0.05) is 25.7 Å². The van der Waals surface area contributed by atoms with Crippen molar-refractivity contribution < 1.29 is 4.74 Å². The Bertz CT molecular complexity index is 866. The molecule has 0 amide bonds. The van der Waals surface area contributed by atoms with Crippen LogP contribution in [-0.2, 0) is 13.0 Å². The summed E-state index contributed by atoms with van der Waals surface area (Å²) in [6.45, 7) is 6.62. The third-order valence-electron chi connectivity index (χ3n) is 4.63. The van der Waals surface area contributed by atoms with Crippen molar-refractivity contribution in [3.8, 4) is 5.75 Å². The molecule has 146 valence electrons. The fourth-order valence-electron chi connectivity index (χ4n) is 3.09. The van der Waals surface area contributed by atoms with Crippen LogP contribution in [0.3, 0.4) is 0 Å². The van der Waals surface area contributed by atoms with E-state index in [4.69, 9.17) is 4.74 Å². The van der Waals surface area contributed by atoms with Gasteiger partial charge in [0.1, 0.15) is 23.2 Å². The first-order valence-electron chi connectivity index (χ1n) is 9.69. The monoisotopic (exact) mass is 376 g/mol. The number of anilines is 2. The van der Waals surface area contributed by atoms with Crippen molar-refractivity contribution in [1.82, 2.24) is 9.97 Å². The highest BCUT2D eigenvalue weighted by molar-refractivity contribution is 5.50. The van der Waals surface area contributed by atoms with E-state index in [2.05, 4.69) is 63.5 Å². The lowest BCUT2D eigenvalue weighted by Crippen LogP contribution is -2.24. The van der Waals surface area contributed by atoms with Gasteiger partial charge in [-0.2, -0.15) is 0 Å². The minimum Gasteiger partial charge on any atom is -0.497 e. The Morgan fingerprint density at radius 1 is 0.964 bits per heavy atom. The summed E-state index contributed by atoms with van der Waals surface area (Å²) in [7, 11) is 1.68. The molecule has 0 fully saturated rings. The molecule has 0 aliphatic heterocycles. The second kappa shape index (κ2) is 9.74. The van der Waals surface area contributed by atoms with Crippen LogP contribution in [0, 0.1) is 6.92 Å². The highest BCUT2D eigenvalue weighted by Gasteiger charge is 2.10. The first kappa shape index (κ1) is 19.7. The number of benzene rings is 2. The quantitative estimate of drug-likeness (QED) is 0.597. The highest BCUT2D eigenvalue weighted by atomic mass is 16.5. The Balaban J connectivity index is 1.64. The maximum atomic E-state index is 5.21. The van der Waals surface area contributed by atoms with Crippen LogP contribution in [0.25, 0.3) is 0 Å². The SMILES string of the molecule is CCN(Cc1ccccc1)c1cc(NCCc2ccc(OC)cc2)nc(C)n1. The van der Waals surface area contributed by atoms with Crippen LogP contribution in [0.2, 0.25) is 0 Å². The molecule has 1 aromatic heterocycles. The molecular formula is C23H28N4O. The second-order valence-corrected chi connectivity index (χ2v) is 6.68. The molecule has 3 aromatic rings. The van der Waals surface area contributed by atoms with Gasteiger partial charge in [0.15, 0.2) is 0 Å². The second-order valence-electron chi connectivity index (χ2n) is 6.68. The molecule has 0 saturated carbocycles. The number of nitrogens with zero attached hydrogens (tertiary/aromatic N) is 3. The number of aryl methyl sites for hydroxylation is 1. The first-order valence-corrected chi connectivity index (χ1v) is 9.69. The summed E-state index contributed by atoms with van der Waals surface area (Å²) in [5, 5.41) is 3.44. The number of hydrogen-bond acceptors (Lipinski definition) is 5. The Morgan fingerprint density at radius 2 is 1.71 bits per heavy atom. The maximum Gasteiger partial charge on any atom is 0.134 e. The van der Waals surface area contributed by atoms with Gasteiger partial charge in [0.2, 0.25) is 0 Å². The van der Waals surface area contributed by atoms with Crippen molar-refractivity contribution in [2.45, 2.75) is 26.8 Å². The van der Waals surface area contributed by atoms with Crippen LogP contribution in [0.4, 0.5) is 11.6 Å². The van der Waals surface area contributed by atoms with E-state index in [1.165, 1.54) is 11.1 Å². The van der Waals surface area contributed by atoms with Crippen LogP contribution in [0.5, 0.6) is 5.75 Å². The summed E-state index contributed by atoms with van der Waals surface area (Å²) in [6.07, 6.45) is 0.921. The fraction of sp³-hybridized carbons (Fsp3) is 0.304. The van der Waals surface area contributed by atoms with E-state index < -0.39 is 0 Å². The third kappa shape index (κ3) is 5.46. The summed E-state index contributed by atoms with van der Waals surface area (Å²) >= 11 is 0. The van der Waals surface area contributed by atoms with E-state index >= 15 is 0 Å². The fourth-order valence-corrected chi connectivity index (χ4v) is 3.09. The average Bonchev–Trinajstić information content (AvgIpc) is 2.73. The Hall–Kier alpha value is -3.08. The smallest absolute Gasteiger partial charge is 0.134 e. The van der Waals surface area contributed by atoms with Crippen LogP contribution in [0.1, 0.15) is 23.9 Å². The summed E-state index contributed by atoms with van der Waals surface area (Å²) in [5.74, 6) is 3.47. The Kier molecular flexibility index (Phi) is 6.84. The lowest BCUT2D eigenvalue weighted by molar-refractivity contribution is 0.414. The van der Waals surface area contributed by atoms with Gasteiger partial charge in [-0.25, -0.2) is 9.97 Å². The van der Waals surface area contributed by atoms with Crippen LogP contribution in [0.15, 0.2) is 60.7 Å². The van der Waals surface area contributed by atoms with Crippen molar-refractivity contribution in [1.29, 1.82) is 0 Å². The molecule has 5 heteroatoms. The van der Waals surface area contributed by atoms with E-state index in [0.717, 1.165) is 49.3 Å². The predicted molar refractivity (Wildman–Crippen MR) is 115 cm³/mol. The summed E-state index contributed by atoms with van der Waals surface area (Å²) < 4.78 is 5.21. The van der Waals surface area contributed by atoms with E-state index in [9.17, 15) is 0 Å². The molecule has 1 N–H and O–H groups in total. The molecule has 3 rings (SSSR count). The Labute approximate surface area is 167 Å². The van der Waals surface area contributed by atoms with Crippen molar-refractivity contribution >= 4 is 11.6 Å². The number of hydrogen-bond donors (Lipinski definition) is 1. The largest absolute Gasteiger partial charge is 0.497 e. The predicted octanol–water partition coefficient (Wildman–Crippen LogP) is 4.47. The molecule has 0 unspecified atom stereocenters. The first-order chi connectivity index (χ1) is 13.7. The summed E-state index contributed by atoms with van der Waals surface area (Å²) in [4.78, 5) is 11.5. The molecule has 1 heterocycles. The number of aromatic nitrogens is 2. The molecule has 2 aromatic carbocycles. The molecule has 28 heavy (non-hydrogen) atoms. The van der Waals surface area contributed by atoms with Crippen molar-refractivity contribution in [2.24, 2.45) is 0 Å². The van der Waals surface area contributed by atoms with E-state index in [1.807, 2.05) is 31.2 Å². The number of ether oxygens (including phenoxy) is 1. The maximum absolute atomic E-state index is 5.21. The number of methoxy groups -OCH3 is 1. The van der Waals surface area contributed by atoms with Gasteiger partial charge in [-0.05, 0) is 43.5 Å². The summed E-state index contributed by atoms with van der Waals surface area (Å²) in [5.41, 5.74) is 2.54. The molecule has 0 aliphatic carbocycles. The summed E-state index contributed by atoms with van der Waals surface area (Å²) in [6, 6.07) is 20.7. The standard InChI is InChI=1S/C23H28N4O/c1-4-27(17-20-8-6-5-7-9-20)23-16-22(25-18(2)26-23)24-15-14-19-10-12-21(28-3)13-11-19/h5-13,16H,4,14-15,17H2,1-3H3,(H,24,25,26). The number of nitrogens with one attached hydrogen (secondary N) is 1. The highest BCUT2D eigenvalue weighted by Crippen LogP contribution is 2.19. The molecule has 0 saturated heterocycles. The molecule has 0 bridgehead atoms. The molecule has 5 nitrogen and oxygen atoms in total. The molecule has 0 atom stereocenters. The molecule has 0 spiro atoms. The average molecular weight is 377 g/mol. The lowest BCUT2D eigenvalue weighted by atomic mass is 10.1. The van der Waals surface area contributed by atoms with E-state index in [0.29, 0.717) is 0 Å². The van der Waals surface area contributed by atoms with Crippen LogP contribution < -0.4 is 15.0 Å². The number of rotatable bonds is 9. The molecule has 0 radical (unpaired) electrons. The molecular weight excluding hydrogens is 348 g/mol. The minimum atomic E-state index is 0.774. The zero-order valence-electron chi connectivity index (χ0n) is 16.9. The van der Waals surface area contributed by atoms with Crippen molar-refractivity contribution in [2.75, 3.05) is 30.4 Å². The van der Waals surface area contributed by atoms with Gasteiger partial charge in [-0.1, -0.05) is 42.5 Å². The molecule has 0 aliphatic rings. The van der Waals surface area contributed by atoms with Crippen molar-refractivity contribution in [3.63, 3.8) is 0 Å². The van der Waals surface area contributed by atoms with Crippen LogP contribution in [-0.4, -0.2) is 30.2 Å². The lowest BCUT2D eigenvalue weighted by Gasteiger charge is -2.23. The topological polar surface area (TPSA) is 50.3 Å². The van der Waals surface area contributed by atoms with Gasteiger partial charge in [0.25, 0.3) is 0 Å². The minimum absolute atomic E-state index is 0.774. The van der Waals surface area contributed by atoms with Crippen LogP contribution >= 0.6 is 0 Å². The van der Waals surface area contributed by atoms with Gasteiger partial charge < -0.3 is 15.0 Å². The van der Waals surface area contributed by atoms with Gasteiger partial charge in [-0.3, -0.25) is 0 Å². The van der Waals surface area contributed by atoms with Crippen molar-refractivity contribution in [3.05, 3.63) is 77.6 Å². The van der Waals surface area contributed by atoms with Gasteiger partial charge in [0.05, 0.1) is 7.11 Å². The Morgan fingerprint density at radius 3 is 2.39 bits per heavy atom. The van der Waals surface area contributed by atoms with Gasteiger partial charge >= 0.3 is 0 Å². The van der Waals surface area contributed by atoms with E-state index in [-0.39, 0.29) is 0 Å². The third-order valence-corrected chi connectivity index (χ3v) is 4.63. The zero-order valence-corrected chi connectivity index (χ0v) is 16.9. The van der Waals surface area contributed by atoms with E-state index in [1.54, 1.807) is 7.11 Å². The zero-order chi connectivity index (χ0) is 19.8. The normalized spacial score (nSPS) is 10.5. The van der Waals surface area contributed by atoms with Gasteiger partial charge in [-0.15, -0.1) is 0 Å².